The highest BCUT2D eigenvalue weighted by molar-refractivity contribution is 5.97. The zero-order valence-electron chi connectivity index (χ0n) is 24.8. The molecule has 0 aliphatic heterocycles. The minimum absolute atomic E-state index is 0.132. The molecule has 1 atom stereocenters. The van der Waals surface area contributed by atoms with Crippen LogP contribution in [0.2, 0.25) is 0 Å². The van der Waals surface area contributed by atoms with Crippen LogP contribution in [0, 0.1) is 11.7 Å². The van der Waals surface area contributed by atoms with Crippen LogP contribution in [0.1, 0.15) is 60.2 Å². The lowest BCUT2D eigenvalue weighted by Gasteiger charge is -2.10. The Balaban J connectivity index is 1.34. The van der Waals surface area contributed by atoms with Crippen molar-refractivity contribution in [2.45, 2.75) is 46.1 Å². The van der Waals surface area contributed by atoms with E-state index in [0.717, 1.165) is 34.2 Å². The lowest BCUT2D eigenvalue weighted by Crippen LogP contribution is -2.12. The van der Waals surface area contributed by atoms with Gasteiger partial charge in [0.15, 0.2) is 5.78 Å². The molecule has 1 aromatic heterocycles. The third-order valence-corrected chi connectivity index (χ3v) is 7.30. The van der Waals surface area contributed by atoms with Crippen LogP contribution in [0.4, 0.5) is 4.39 Å². The predicted octanol–water partition coefficient (Wildman–Crippen LogP) is 7.13. The summed E-state index contributed by atoms with van der Waals surface area (Å²) in [6, 6.07) is 17.3. The van der Waals surface area contributed by atoms with Gasteiger partial charge >= 0.3 is 11.9 Å². The van der Waals surface area contributed by atoms with Gasteiger partial charge in [-0.2, -0.15) is 0 Å². The highest BCUT2D eigenvalue weighted by atomic mass is 19.1. The first-order chi connectivity index (χ1) is 21.1. The topological polar surface area (TPSA) is 115 Å². The normalized spacial score (nSPS) is 12.0. The number of ketones is 1. The smallest absolute Gasteiger partial charge is 0.307 e. The fourth-order valence-corrected chi connectivity index (χ4v) is 4.89. The Morgan fingerprint density at radius 2 is 1.68 bits per heavy atom. The first-order valence-electron chi connectivity index (χ1n) is 14.5. The summed E-state index contributed by atoms with van der Waals surface area (Å²) >= 11 is 0. The average Bonchev–Trinajstić information content (AvgIpc) is 3.34. The lowest BCUT2D eigenvalue weighted by molar-refractivity contribution is -0.141. The number of hydrogen-bond donors (Lipinski definition) is 2. The fraction of sp³-hybridized carbons (Fsp3) is 0.286. The van der Waals surface area contributed by atoms with E-state index in [1.165, 1.54) is 25.1 Å². The molecule has 0 aliphatic rings. The van der Waals surface area contributed by atoms with Crippen LogP contribution in [0.15, 0.2) is 66.9 Å². The minimum atomic E-state index is -0.931. The number of Topliss-reactive ketones (excluding diaryl/α,β-unsaturated/α-hetero) is 1. The van der Waals surface area contributed by atoms with E-state index in [0.29, 0.717) is 43.9 Å². The first kappa shape index (κ1) is 32.0. The summed E-state index contributed by atoms with van der Waals surface area (Å²) in [5.41, 5.74) is 3.60. The van der Waals surface area contributed by atoms with Crippen LogP contribution < -0.4 is 9.47 Å². The number of rotatable bonds is 16. The number of aryl methyl sites for hydroxylation is 1. The van der Waals surface area contributed by atoms with Gasteiger partial charge in [0.05, 0.1) is 31.1 Å². The quantitative estimate of drug-likeness (QED) is 0.0798. The number of fused-ring (bicyclic) bond motifs is 1. The van der Waals surface area contributed by atoms with Gasteiger partial charge in [0.1, 0.15) is 17.3 Å². The van der Waals surface area contributed by atoms with Crippen LogP contribution in [0.25, 0.3) is 23.1 Å². The molecule has 3 aromatic carbocycles. The van der Waals surface area contributed by atoms with Crippen LogP contribution in [0.3, 0.4) is 0 Å². The van der Waals surface area contributed by atoms with Gasteiger partial charge in [-0.25, -0.2) is 4.39 Å². The van der Waals surface area contributed by atoms with Gasteiger partial charge in [-0.05, 0) is 79.3 Å². The largest absolute Gasteiger partial charge is 0.494 e. The molecule has 0 bridgehead atoms. The Bertz CT molecular complexity index is 1660. The van der Waals surface area contributed by atoms with E-state index >= 15 is 0 Å². The molecule has 1 heterocycles. The van der Waals surface area contributed by atoms with E-state index in [9.17, 15) is 29.0 Å². The van der Waals surface area contributed by atoms with Crippen molar-refractivity contribution >= 4 is 40.8 Å². The van der Waals surface area contributed by atoms with Gasteiger partial charge in [-0.15, -0.1) is 0 Å². The maximum absolute atomic E-state index is 13.4. The molecule has 8 nitrogen and oxygen atoms in total. The third-order valence-electron chi connectivity index (χ3n) is 7.30. The Kier molecular flexibility index (Phi) is 10.9. The molecule has 0 saturated carbocycles. The number of carbonyl (C=O) groups excluding carboxylic acids is 1. The van der Waals surface area contributed by atoms with Crippen molar-refractivity contribution in [2.24, 2.45) is 5.92 Å². The van der Waals surface area contributed by atoms with Crippen molar-refractivity contribution in [2.75, 3.05) is 13.2 Å². The SMILES string of the molecule is CC(=O)c1cc(F)ccc1OCCCCOc1ccc(/C=C/c2cccc3c2c(CC(=O)O)cn3CCC(C)C(=O)O)cc1. The molecule has 9 heteroatoms. The minimum Gasteiger partial charge on any atom is -0.494 e. The molecule has 1 unspecified atom stereocenters. The van der Waals surface area contributed by atoms with Crippen molar-refractivity contribution in [3.05, 3.63) is 94.9 Å². The molecule has 0 saturated heterocycles. The van der Waals surface area contributed by atoms with Crippen LogP contribution >= 0.6 is 0 Å². The van der Waals surface area contributed by atoms with E-state index in [1.54, 1.807) is 6.92 Å². The van der Waals surface area contributed by atoms with Gasteiger partial charge in [0.2, 0.25) is 0 Å². The molecule has 4 rings (SSSR count). The zero-order chi connectivity index (χ0) is 31.6. The average molecular weight is 602 g/mol. The van der Waals surface area contributed by atoms with Crippen molar-refractivity contribution in [1.82, 2.24) is 4.57 Å². The van der Waals surface area contributed by atoms with Crippen molar-refractivity contribution in [1.29, 1.82) is 0 Å². The van der Waals surface area contributed by atoms with Gasteiger partial charge < -0.3 is 24.3 Å². The molecule has 0 amide bonds. The molecular formula is C35H36FNO7. The number of carbonyl (C=O) groups is 3. The van der Waals surface area contributed by atoms with Gasteiger partial charge in [0.25, 0.3) is 0 Å². The van der Waals surface area contributed by atoms with E-state index in [4.69, 9.17) is 9.47 Å². The van der Waals surface area contributed by atoms with Crippen LogP contribution in [0.5, 0.6) is 11.5 Å². The molecule has 2 N–H and O–H groups in total. The number of hydrogen-bond acceptors (Lipinski definition) is 5. The number of benzene rings is 3. The number of carboxylic acid groups (broad SMARTS) is 2. The van der Waals surface area contributed by atoms with Crippen molar-refractivity contribution < 1.29 is 38.5 Å². The highest BCUT2D eigenvalue weighted by Gasteiger charge is 2.16. The molecule has 0 aliphatic carbocycles. The molecule has 0 fully saturated rings. The second-order valence-corrected chi connectivity index (χ2v) is 10.7. The Hall–Kier alpha value is -4.92. The summed E-state index contributed by atoms with van der Waals surface area (Å²) in [6.07, 6.45) is 7.45. The number of aliphatic carboxylic acids is 2. The standard InChI is InChI=1S/C35H36FNO7/c1-23(35(41)42)16-17-37-22-27(20-33(39)40)34-26(6-5-7-31(34)37)11-8-25-9-13-29(14-10-25)43-18-3-4-19-44-32-15-12-28(36)21-30(32)24(2)38/h5-15,21-23H,3-4,16-20H2,1-2H3,(H,39,40)(H,41,42)/b11-8+. The highest BCUT2D eigenvalue weighted by Crippen LogP contribution is 2.29. The molecule has 230 valence electrons. The molecule has 0 spiro atoms. The maximum atomic E-state index is 13.4. The zero-order valence-corrected chi connectivity index (χ0v) is 24.8. The number of ether oxygens (including phenoxy) is 2. The first-order valence-corrected chi connectivity index (χ1v) is 14.5. The summed E-state index contributed by atoms with van der Waals surface area (Å²) in [5.74, 6) is -1.92. The molecular weight excluding hydrogens is 565 g/mol. The van der Waals surface area contributed by atoms with E-state index in [2.05, 4.69) is 0 Å². The lowest BCUT2D eigenvalue weighted by atomic mass is 10.0. The monoisotopic (exact) mass is 601 g/mol. The molecule has 4 aromatic rings. The van der Waals surface area contributed by atoms with E-state index < -0.39 is 23.7 Å². The number of aromatic nitrogens is 1. The summed E-state index contributed by atoms with van der Waals surface area (Å²) in [5, 5.41) is 19.6. The van der Waals surface area contributed by atoms with E-state index in [1.807, 2.05) is 65.4 Å². The second kappa shape index (κ2) is 15.0. The Morgan fingerprint density at radius 3 is 2.36 bits per heavy atom. The predicted molar refractivity (Wildman–Crippen MR) is 167 cm³/mol. The fourth-order valence-electron chi connectivity index (χ4n) is 4.89. The summed E-state index contributed by atoms with van der Waals surface area (Å²) in [7, 11) is 0. The van der Waals surface area contributed by atoms with Crippen LogP contribution in [-0.4, -0.2) is 45.7 Å². The van der Waals surface area contributed by atoms with Crippen molar-refractivity contribution in [3.8, 4) is 11.5 Å². The van der Waals surface area contributed by atoms with Crippen molar-refractivity contribution in [3.63, 3.8) is 0 Å². The number of carboxylic acids is 2. The summed E-state index contributed by atoms with van der Waals surface area (Å²) in [4.78, 5) is 34.6. The summed E-state index contributed by atoms with van der Waals surface area (Å²) in [6.45, 7) is 4.38. The number of halogens is 1. The molecule has 0 radical (unpaired) electrons. The maximum Gasteiger partial charge on any atom is 0.307 e. The van der Waals surface area contributed by atoms with E-state index in [-0.39, 0.29) is 17.8 Å². The Morgan fingerprint density at radius 1 is 0.955 bits per heavy atom. The third kappa shape index (κ3) is 8.56. The molecule has 44 heavy (non-hydrogen) atoms. The van der Waals surface area contributed by atoms with Gasteiger partial charge in [0, 0.05) is 23.6 Å². The van der Waals surface area contributed by atoms with Gasteiger partial charge in [-0.1, -0.05) is 43.3 Å². The van der Waals surface area contributed by atoms with Crippen LogP contribution in [-0.2, 0) is 22.6 Å². The number of unbranched alkanes of at least 4 members (excludes halogenated alkanes) is 1. The number of nitrogens with zero attached hydrogens (tertiary/aromatic N) is 1. The van der Waals surface area contributed by atoms with Gasteiger partial charge in [-0.3, -0.25) is 14.4 Å². The summed E-state index contributed by atoms with van der Waals surface area (Å²) < 4.78 is 26.9. The Labute approximate surface area is 255 Å². The second-order valence-electron chi connectivity index (χ2n) is 10.7.